The van der Waals surface area contributed by atoms with Crippen molar-refractivity contribution in [3.8, 4) is 27.0 Å². The summed E-state index contributed by atoms with van der Waals surface area (Å²) >= 11 is 4.52. The molecule has 9 heteroatoms. The minimum Gasteiger partial charge on any atom is -0.266 e. The number of fused-ring (bicyclic) bond motifs is 1. The Morgan fingerprint density at radius 2 is 1.65 bits per heavy atom. The highest BCUT2D eigenvalue weighted by Gasteiger charge is 2.15. The van der Waals surface area contributed by atoms with Crippen LogP contribution in [0.5, 0.6) is 0 Å². The summed E-state index contributed by atoms with van der Waals surface area (Å²) in [6, 6.07) is 17.9. The summed E-state index contributed by atoms with van der Waals surface area (Å²) < 4.78 is 3.81. The minimum atomic E-state index is -0.167. The number of rotatable bonds is 4. The molecule has 0 aliphatic heterocycles. The molecule has 1 aromatic carbocycles. The van der Waals surface area contributed by atoms with Crippen molar-refractivity contribution in [3.63, 3.8) is 0 Å². The van der Waals surface area contributed by atoms with E-state index in [0.717, 1.165) is 26.7 Å². The Kier molecular flexibility index (Phi) is 4.37. The Bertz CT molecular complexity index is 1590. The molecule has 0 atom stereocenters. The van der Waals surface area contributed by atoms with Gasteiger partial charge in [0.05, 0.1) is 20.0 Å². The van der Waals surface area contributed by atoms with Gasteiger partial charge in [0, 0.05) is 11.8 Å². The van der Waals surface area contributed by atoms with Gasteiger partial charge in [-0.1, -0.05) is 41.7 Å². The molecule has 0 fully saturated rings. The molecule has 0 aliphatic rings. The number of nitrogens with zero attached hydrogens (tertiary/aromatic N) is 5. The lowest BCUT2D eigenvalue weighted by Gasteiger charge is -1.99. The number of thiazole rings is 1. The lowest BCUT2D eigenvalue weighted by atomic mass is 10.2. The quantitative estimate of drug-likeness (QED) is 0.393. The average molecular weight is 460 g/mol. The van der Waals surface area contributed by atoms with Crippen molar-refractivity contribution in [2.75, 3.05) is 0 Å². The van der Waals surface area contributed by atoms with Crippen molar-refractivity contribution < 1.29 is 0 Å². The van der Waals surface area contributed by atoms with E-state index < -0.39 is 0 Å². The molecular weight excluding hydrogens is 446 g/mol. The van der Waals surface area contributed by atoms with Crippen LogP contribution in [0.15, 0.2) is 76.3 Å². The number of hydrogen-bond acceptors (Lipinski definition) is 7. The Morgan fingerprint density at radius 1 is 0.871 bits per heavy atom. The van der Waals surface area contributed by atoms with E-state index in [1.54, 1.807) is 22.7 Å². The van der Waals surface area contributed by atoms with Gasteiger partial charge in [-0.25, -0.2) is 4.68 Å². The third-order valence-corrected chi connectivity index (χ3v) is 7.43. The Morgan fingerprint density at radius 3 is 2.35 bits per heavy atom. The highest BCUT2D eigenvalue weighted by molar-refractivity contribution is 7.15. The fraction of sp³-hybridized carbons (Fsp3) is 0. The maximum atomic E-state index is 13.0. The van der Waals surface area contributed by atoms with E-state index in [1.165, 1.54) is 15.9 Å². The zero-order chi connectivity index (χ0) is 20.8. The van der Waals surface area contributed by atoms with Gasteiger partial charge in [0.25, 0.3) is 5.56 Å². The van der Waals surface area contributed by atoms with Crippen LogP contribution in [0.3, 0.4) is 0 Å². The number of aromatic nitrogens is 5. The lowest BCUT2D eigenvalue weighted by molar-refractivity contribution is 0.885. The fourth-order valence-electron chi connectivity index (χ4n) is 3.30. The molecule has 0 saturated heterocycles. The largest absolute Gasteiger partial charge is 0.291 e. The molecule has 0 saturated carbocycles. The summed E-state index contributed by atoms with van der Waals surface area (Å²) in [5.41, 5.74) is 2.52. The number of hydrogen-bond donors (Lipinski definition) is 0. The third kappa shape index (κ3) is 3.23. The minimum absolute atomic E-state index is 0.167. The number of benzene rings is 1. The lowest BCUT2D eigenvalue weighted by Crippen LogP contribution is -2.23. The van der Waals surface area contributed by atoms with Gasteiger partial charge < -0.3 is 0 Å². The molecule has 0 bridgehead atoms. The third-order valence-electron chi connectivity index (χ3n) is 4.73. The Labute approximate surface area is 188 Å². The van der Waals surface area contributed by atoms with Crippen molar-refractivity contribution in [2.45, 2.75) is 0 Å². The van der Waals surface area contributed by atoms with Gasteiger partial charge in [0.15, 0.2) is 5.82 Å². The number of para-hydroxylation sites is 1. The summed E-state index contributed by atoms with van der Waals surface area (Å²) in [6.07, 6.45) is 3.84. The van der Waals surface area contributed by atoms with Crippen LogP contribution in [0.4, 0.5) is 0 Å². The second kappa shape index (κ2) is 7.38. The first-order valence-corrected chi connectivity index (χ1v) is 12.0. The van der Waals surface area contributed by atoms with Gasteiger partial charge in [-0.2, -0.15) is 14.6 Å². The predicted molar refractivity (Wildman–Crippen MR) is 126 cm³/mol. The molecule has 0 unspecified atom stereocenters. The van der Waals surface area contributed by atoms with E-state index in [0.29, 0.717) is 15.3 Å². The molecule has 0 aliphatic carbocycles. The first kappa shape index (κ1) is 18.4. The second-order valence-corrected chi connectivity index (χ2v) is 9.62. The zero-order valence-electron chi connectivity index (χ0n) is 15.9. The SMILES string of the molecule is O=c1/c(=C\c2cn(-c3ccccc3)nc2-c2cccs2)sc2nc(-c3cccs3)nn12. The maximum absolute atomic E-state index is 13.0. The highest BCUT2D eigenvalue weighted by atomic mass is 32.1. The first-order valence-electron chi connectivity index (χ1n) is 9.40. The van der Waals surface area contributed by atoms with E-state index in [2.05, 4.69) is 10.1 Å². The summed E-state index contributed by atoms with van der Waals surface area (Å²) in [5, 5.41) is 13.2. The molecule has 6 rings (SSSR count). The molecule has 0 amide bonds. The molecule has 0 N–H and O–H groups in total. The summed E-state index contributed by atoms with van der Waals surface area (Å²) in [6.45, 7) is 0. The van der Waals surface area contributed by atoms with Crippen molar-refractivity contribution in [1.82, 2.24) is 24.4 Å². The fourth-order valence-corrected chi connectivity index (χ4v) is 5.58. The van der Waals surface area contributed by atoms with Crippen molar-refractivity contribution in [1.29, 1.82) is 0 Å². The summed E-state index contributed by atoms with van der Waals surface area (Å²) in [4.78, 5) is 20.1. The van der Waals surface area contributed by atoms with Gasteiger partial charge in [-0.05, 0) is 41.1 Å². The van der Waals surface area contributed by atoms with E-state index in [-0.39, 0.29) is 5.56 Å². The molecule has 0 spiro atoms. The van der Waals surface area contributed by atoms with Crippen LogP contribution in [0.25, 0.3) is 38.0 Å². The van der Waals surface area contributed by atoms with Crippen molar-refractivity contribution in [3.05, 3.63) is 92.0 Å². The first-order chi connectivity index (χ1) is 15.3. The highest BCUT2D eigenvalue weighted by Crippen LogP contribution is 2.28. The van der Waals surface area contributed by atoms with E-state index in [1.807, 2.05) is 82.3 Å². The van der Waals surface area contributed by atoms with Crippen LogP contribution in [0.1, 0.15) is 5.56 Å². The molecular formula is C22H13N5OS3. The van der Waals surface area contributed by atoms with Crippen LogP contribution in [-0.2, 0) is 0 Å². The second-order valence-electron chi connectivity index (χ2n) is 6.71. The average Bonchev–Trinajstić information content (AvgIpc) is 3.60. The van der Waals surface area contributed by atoms with Gasteiger partial charge in [0.1, 0.15) is 5.69 Å². The molecule has 5 heterocycles. The van der Waals surface area contributed by atoms with Crippen LogP contribution in [0, 0.1) is 0 Å². The molecule has 31 heavy (non-hydrogen) atoms. The maximum Gasteiger partial charge on any atom is 0.291 e. The van der Waals surface area contributed by atoms with Gasteiger partial charge in [0.2, 0.25) is 4.96 Å². The topological polar surface area (TPSA) is 65.1 Å². The zero-order valence-corrected chi connectivity index (χ0v) is 18.3. The standard InChI is InChI=1S/C22H13N5OS3/c28-21-18(31-22-23-20(25-27(21)22)17-9-5-11-30-17)12-14-13-26(15-6-2-1-3-7-15)24-19(14)16-8-4-10-29-16/h1-13H/b18-12+. The van der Waals surface area contributed by atoms with Gasteiger partial charge >= 0.3 is 0 Å². The monoisotopic (exact) mass is 459 g/mol. The molecule has 0 radical (unpaired) electrons. The normalized spacial score (nSPS) is 12.2. The van der Waals surface area contributed by atoms with Crippen LogP contribution in [-0.4, -0.2) is 24.4 Å². The van der Waals surface area contributed by atoms with Gasteiger partial charge in [-0.3, -0.25) is 4.79 Å². The summed E-state index contributed by atoms with van der Waals surface area (Å²) in [7, 11) is 0. The Balaban J connectivity index is 1.50. The van der Waals surface area contributed by atoms with Crippen LogP contribution >= 0.6 is 34.0 Å². The van der Waals surface area contributed by atoms with E-state index in [4.69, 9.17) is 5.10 Å². The molecule has 6 aromatic rings. The van der Waals surface area contributed by atoms with Crippen molar-refractivity contribution in [2.24, 2.45) is 0 Å². The molecule has 6 nitrogen and oxygen atoms in total. The molecule has 150 valence electrons. The van der Waals surface area contributed by atoms with Gasteiger partial charge in [-0.15, -0.1) is 27.8 Å². The van der Waals surface area contributed by atoms with Crippen molar-refractivity contribution >= 4 is 45.0 Å². The van der Waals surface area contributed by atoms with E-state index in [9.17, 15) is 4.79 Å². The predicted octanol–water partition coefficient (Wildman–Crippen LogP) is 4.34. The Hall–Kier alpha value is -3.40. The smallest absolute Gasteiger partial charge is 0.266 e. The van der Waals surface area contributed by atoms with Crippen LogP contribution < -0.4 is 10.1 Å². The molecule has 5 aromatic heterocycles. The van der Waals surface area contributed by atoms with E-state index >= 15 is 0 Å². The number of thiophene rings is 2. The van der Waals surface area contributed by atoms with Crippen LogP contribution in [0.2, 0.25) is 0 Å². The summed E-state index contributed by atoms with van der Waals surface area (Å²) in [5.74, 6) is 0.584.